The van der Waals surface area contributed by atoms with Crippen LogP contribution in [0.15, 0.2) is 47.0 Å². The summed E-state index contributed by atoms with van der Waals surface area (Å²) < 4.78 is 22.9. The number of methoxy groups -OCH3 is 1. The molecule has 0 atom stereocenters. The molecule has 0 saturated carbocycles. The van der Waals surface area contributed by atoms with Crippen LogP contribution in [0.4, 0.5) is 10.1 Å². The van der Waals surface area contributed by atoms with Crippen LogP contribution in [-0.2, 0) is 16.0 Å². The van der Waals surface area contributed by atoms with Crippen LogP contribution in [0.3, 0.4) is 0 Å². The molecule has 0 spiro atoms. The van der Waals surface area contributed by atoms with Gasteiger partial charge in [-0.3, -0.25) is 4.79 Å². The Morgan fingerprint density at radius 1 is 1.17 bits per heavy atom. The first-order valence-corrected chi connectivity index (χ1v) is 9.03. The Morgan fingerprint density at radius 3 is 2.66 bits per heavy atom. The van der Waals surface area contributed by atoms with E-state index in [0.29, 0.717) is 41.4 Å². The number of hydrogen-bond acceptors (Lipinski definition) is 6. The highest BCUT2D eigenvalue weighted by Gasteiger charge is 2.12. The standard InChI is InChI=1S/C21H20FN3O4/c1-13-6-7-15(21(27)28-2)12-17(13)23-18(26)4-3-5-19-24-20(25-29-19)14-8-10-16(22)11-9-14/h6-12H,3-5H2,1-2H3,(H,23,26). The van der Waals surface area contributed by atoms with Crippen LogP contribution in [-0.4, -0.2) is 29.1 Å². The zero-order valence-electron chi connectivity index (χ0n) is 16.1. The topological polar surface area (TPSA) is 94.3 Å². The molecule has 3 rings (SSSR count). The highest BCUT2D eigenvalue weighted by atomic mass is 19.1. The lowest BCUT2D eigenvalue weighted by Gasteiger charge is -2.09. The molecular formula is C21H20FN3O4. The first-order chi connectivity index (χ1) is 14.0. The summed E-state index contributed by atoms with van der Waals surface area (Å²) in [5, 5.41) is 6.68. The summed E-state index contributed by atoms with van der Waals surface area (Å²) in [4.78, 5) is 28.1. The number of rotatable bonds is 7. The predicted molar refractivity (Wildman–Crippen MR) is 104 cm³/mol. The molecule has 0 unspecified atom stereocenters. The van der Waals surface area contributed by atoms with E-state index < -0.39 is 5.97 Å². The van der Waals surface area contributed by atoms with Gasteiger partial charge < -0.3 is 14.6 Å². The van der Waals surface area contributed by atoms with Crippen molar-refractivity contribution in [2.75, 3.05) is 12.4 Å². The third-order valence-electron chi connectivity index (χ3n) is 4.30. The molecule has 0 bridgehead atoms. The summed E-state index contributed by atoms with van der Waals surface area (Å²) in [5.41, 5.74) is 2.42. The van der Waals surface area contributed by atoms with Crippen LogP contribution >= 0.6 is 0 Å². The molecule has 29 heavy (non-hydrogen) atoms. The molecule has 2 aromatic carbocycles. The maximum Gasteiger partial charge on any atom is 0.337 e. The zero-order chi connectivity index (χ0) is 20.8. The number of hydrogen-bond donors (Lipinski definition) is 1. The van der Waals surface area contributed by atoms with Crippen LogP contribution in [0.5, 0.6) is 0 Å². The van der Waals surface area contributed by atoms with Crippen LogP contribution in [0, 0.1) is 12.7 Å². The molecule has 1 heterocycles. The van der Waals surface area contributed by atoms with Gasteiger partial charge in [0.05, 0.1) is 12.7 Å². The molecule has 0 saturated heterocycles. The van der Waals surface area contributed by atoms with Gasteiger partial charge in [-0.2, -0.15) is 4.98 Å². The van der Waals surface area contributed by atoms with E-state index in [1.807, 2.05) is 6.92 Å². The lowest BCUT2D eigenvalue weighted by molar-refractivity contribution is -0.116. The van der Waals surface area contributed by atoms with Gasteiger partial charge in [0.2, 0.25) is 17.6 Å². The summed E-state index contributed by atoms with van der Waals surface area (Å²) in [5.74, 6) is -0.209. The van der Waals surface area contributed by atoms with Crippen molar-refractivity contribution in [1.29, 1.82) is 0 Å². The molecule has 0 aliphatic heterocycles. The van der Waals surface area contributed by atoms with Crippen LogP contribution < -0.4 is 5.32 Å². The summed E-state index contributed by atoms with van der Waals surface area (Å²) in [6, 6.07) is 10.8. The second-order valence-corrected chi connectivity index (χ2v) is 6.44. The van der Waals surface area contributed by atoms with Gasteiger partial charge in [0.1, 0.15) is 5.82 Å². The molecule has 150 valence electrons. The smallest absolute Gasteiger partial charge is 0.337 e. The van der Waals surface area contributed by atoms with Gasteiger partial charge in [0, 0.05) is 24.1 Å². The third kappa shape index (κ3) is 5.25. The van der Waals surface area contributed by atoms with Gasteiger partial charge in [-0.1, -0.05) is 11.2 Å². The number of anilines is 1. The zero-order valence-corrected chi connectivity index (χ0v) is 16.1. The Bertz CT molecular complexity index is 1020. The first-order valence-electron chi connectivity index (χ1n) is 9.03. The van der Waals surface area contributed by atoms with Crippen LogP contribution in [0.25, 0.3) is 11.4 Å². The fourth-order valence-corrected chi connectivity index (χ4v) is 2.69. The Kier molecular flexibility index (Phi) is 6.33. The number of nitrogens with one attached hydrogen (secondary N) is 1. The van der Waals surface area contributed by atoms with Gasteiger partial charge in [-0.15, -0.1) is 0 Å². The van der Waals surface area contributed by atoms with Crippen molar-refractivity contribution < 1.29 is 23.2 Å². The van der Waals surface area contributed by atoms with Crippen molar-refractivity contribution in [2.24, 2.45) is 0 Å². The maximum absolute atomic E-state index is 13.0. The Hall–Kier alpha value is -3.55. The summed E-state index contributed by atoms with van der Waals surface area (Å²) in [6.07, 6.45) is 1.19. The summed E-state index contributed by atoms with van der Waals surface area (Å²) in [6.45, 7) is 1.84. The number of nitrogens with zero attached hydrogens (tertiary/aromatic N) is 2. The lowest BCUT2D eigenvalue weighted by atomic mass is 10.1. The minimum Gasteiger partial charge on any atom is -0.465 e. The Labute approximate surface area is 166 Å². The molecule has 0 fully saturated rings. The largest absolute Gasteiger partial charge is 0.465 e. The van der Waals surface area contributed by atoms with E-state index in [0.717, 1.165) is 5.56 Å². The number of esters is 1. The van der Waals surface area contributed by atoms with E-state index in [1.54, 1.807) is 30.3 Å². The second kappa shape index (κ2) is 9.09. The number of ether oxygens (including phenoxy) is 1. The number of benzene rings is 2. The average Bonchev–Trinajstić information content (AvgIpc) is 3.18. The number of aryl methyl sites for hydroxylation is 2. The molecule has 1 aromatic heterocycles. The Morgan fingerprint density at radius 2 is 1.93 bits per heavy atom. The minimum absolute atomic E-state index is 0.187. The molecule has 0 aliphatic carbocycles. The number of aromatic nitrogens is 2. The number of carbonyl (C=O) groups excluding carboxylic acids is 2. The van der Waals surface area contributed by atoms with Crippen LogP contribution in [0.1, 0.15) is 34.7 Å². The number of carbonyl (C=O) groups is 2. The van der Waals surface area contributed by atoms with Gasteiger partial charge >= 0.3 is 5.97 Å². The first kappa shape index (κ1) is 20.2. The predicted octanol–water partition coefficient (Wildman–Crippen LogP) is 3.93. The molecule has 0 aliphatic rings. The van der Waals surface area contributed by atoms with Crippen molar-refractivity contribution in [1.82, 2.24) is 10.1 Å². The van der Waals surface area contributed by atoms with Crippen LogP contribution in [0.2, 0.25) is 0 Å². The van der Waals surface area contributed by atoms with E-state index in [-0.39, 0.29) is 18.1 Å². The highest BCUT2D eigenvalue weighted by molar-refractivity contribution is 5.95. The molecule has 1 N–H and O–H groups in total. The van der Waals surface area contributed by atoms with E-state index in [4.69, 9.17) is 9.26 Å². The van der Waals surface area contributed by atoms with E-state index in [2.05, 4.69) is 15.5 Å². The Balaban J connectivity index is 1.53. The second-order valence-electron chi connectivity index (χ2n) is 6.44. The van der Waals surface area contributed by atoms with Crippen molar-refractivity contribution in [3.8, 4) is 11.4 Å². The molecule has 0 radical (unpaired) electrons. The van der Waals surface area contributed by atoms with Gasteiger partial charge in [0.15, 0.2) is 0 Å². The normalized spacial score (nSPS) is 10.6. The van der Waals surface area contributed by atoms with Crippen molar-refractivity contribution in [3.63, 3.8) is 0 Å². The lowest BCUT2D eigenvalue weighted by Crippen LogP contribution is -2.13. The monoisotopic (exact) mass is 397 g/mol. The average molecular weight is 397 g/mol. The highest BCUT2D eigenvalue weighted by Crippen LogP contribution is 2.19. The quantitative estimate of drug-likeness (QED) is 0.607. The molecule has 3 aromatic rings. The SMILES string of the molecule is COC(=O)c1ccc(C)c(NC(=O)CCCc2nc(-c3ccc(F)cc3)no2)c1. The minimum atomic E-state index is -0.464. The molecule has 1 amide bonds. The summed E-state index contributed by atoms with van der Waals surface area (Å²) >= 11 is 0. The maximum atomic E-state index is 13.0. The van der Waals surface area contributed by atoms with Crippen molar-refractivity contribution >= 4 is 17.6 Å². The molecule has 7 nitrogen and oxygen atoms in total. The van der Waals surface area contributed by atoms with Crippen molar-refractivity contribution in [3.05, 3.63) is 65.3 Å². The number of halogens is 1. The third-order valence-corrected chi connectivity index (χ3v) is 4.30. The van der Waals surface area contributed by atoms with Gasteiger partial charge in [-0.05, 0) is 55.3 Å². The number of amides is 1. The van der Waals surface area contributed by atoms with Gasteiger partial charge in [0.25, 0.3) is 0 Å². The fraction of sp³-hybridized carbons (Fsp3) is 0.238. The molecular weight excluding hydrogens is 377 g/mol. The van der Waals surface area contributed by atoms with E-state index >= 15 is 0 Å². The van der Waals surface area contributed by atoms with E-state index in [1.165, 1.54) is 19.2 Å². The van der Waals surface area contributed by atoms with Crippen molar-refractivity contribution in [2.45, 2.75) is 26.2 Å². The van der Waals surface area contributed by atoms with E-state index in [9.17, 15) is 14.0 Å². The summed E-state index contributed by atoms with van der Waals surface area (Å²) in [7, 11) is 1.31. The fourth-order valence-electron chi connectivity index (χ4n) is 2.69. The van der Waals surface area contributed by atoms with Gasteiger partial charge in [-0.25, -0.2) is 9.18 Å². The molecule has 8 heteroatoms.